The number of carbonyl (C=O) groups excluding carboxylic acids is 1. The van der Waals surface area contributed by atoms with E-state index in [1.807, 2.05) is 37.3 Å². The second kappa shape index (κ2) is 7.53. The van der Waals surface area contributed by atoms with Crippen LogP contribution in [0.25, 0.3) is 0 Å². The largest absolute Gasteiger partial charge is 0.361 e. The number of aromatic nitrogens is 1. The standard InChI is InChI=1S/C19H18N4O2/c1-13-18(14(2)25-23-13)12-19(24)20-15-8-10-17(11-9-15)22-21-16-6-4-3-5-7-16/h3-11H,12H2,1-2H3,(H,20,24). The maximum atomic E-state index is 12.2. The molecule has 0 aliphatic carbocycles. The van der Waals surface area contributed by atoms with Crippen molar-refractivity contribution in [3.05, 3.63) is 71.6 Å². The molecule has 0 bridgehead atoms. The minimum atomic E-state index is -0.118. The van der Waals surface area contributed by atoms with Gasteiger partial charge in [-0.15, -0.1) is 0 Å². The van der Waals surface area contributed by atoms with Crippen LogP contribution in [0.1, 0.15) is 17.0 Å². The van der Waals surface area contributed by atoms with Gasteiger partial charge < -0.3 is 9.84 Å². The van der Waals surface area contributed by atoms with Crippen LogP contribution in [0.4, 0.5) is 17.1 Å². The molecule has 1 aromatic heterocycles. The summed E-state index contributed by atoms with van der Waals surface area (Å²) in [6.07, 6.45) is 0.233. The molecule has 3 aromatic rings. The van der Waals surface area contributed by atoms with Gasteiger partial charge in [0.1, 0.15) is 5.76 Å². The van der Waals surface area contributed by atoms with E-state index in [0.29, 0.717) is 17.1 Å². The third kappa shape index (κ3) is 4.38. The fourth-order valence-electron chi connectivity index (χ4n) is 2.34. The summed E-state index contributed by atoms with van der Waals surface area (Å²) in [5, 5.41) is 15.0. The van der Waals surface area contributed by atoms with Crippen molar-refractivity contribution in [2.75, 3.05) is 5.32 Å². The van der Waals surface area contributed by atoms with Crippen molar-refractivity contribution in [1.29, 1.82) is 0 Å². The fourth-order valence-corrected chi connectivity index (χ4v) is 2.34. The van der Waals surface area contributed by atoms with Gasteiger partial charge in [0, 0.05) is 11.3 Å². The zero-order valence-electron chi connectivity index (χ0n) is 14.1. The van der Waals surface area contributed by atoms with Crippen LogP contribution >= 0.6 is 0 Å². The number of nitrogens with one attached hydrogen (secondary N) is 1. The van der Waals surface area contributed by atoms with Crippen molar-refractivity contribution in [1.82, 2.24) is 5.16 Å². The first-order valence-corrected chi connectivity index (χ1v) is 7.90. The highest BCUT2D eigenvalue weighted by molar-refractivity contribution is 5.92. The number of hydrogen-bond donors (Lipinski definition) is 1. The predicted octanol–water partition coefficient (Wildman–Crippen LogP) is 4.89. The second-order valence-corrected chi connectivity index (χ2v) is 5.61. The average Bonchev–Trinajstić information content (AvgIpc) is 2.94. The van der Waals surface area contributed by atoms with Gasteiger partial charge in [0.05, 0.1) is 23.5 Å². The Labute approximate surface area is 145 Å². The normalized spacial score (nSPS) is 11.0. The molecule has 0 radical (unpaired) electrons. The van der Waals surface area contributed by atoms with Gasteiger partial charge in [-0.25, -0.2) is 0 Å². The number of carbonyl (C=O) groups is 1. The van der Waals surface area contributed by atoms with Gasteiger partial charge in [-0.3, -0.25) is 4.79 Å². The Kier molecular flexibility index (Phi) is 4.99. The molecule has 0 aliphatic rings. The molecule has 3 rings (SSSR count). The first kappa shape index (κ1) is 16.6. The summed E-state index contributed by atoms with van der Waals surface area (Å²) in [6.45, 7) is 3.63. The molecule has 1 heterocycles. The molecule has 0 unspecified atom stereocenters. The zero-order chi connectivity index (χ0) is 17.6. The van der Waals surface area contributed by atoms with E-state index in [1.165, 1.54) is 0 Å². The van der Waals surface area contributed by atoms with Crippen LogP contribution < -0.4 is 5.32 Å². The number of nitrogens with zero attached hydrogens (tertiary/aromatic N) is 3. The van der Waals surface area contributed by atoms with Gasteiger partial charge in [-0.05, 0) is 50.2 Å². The number of hydrogen-bond acceptors (Lipinski definition) is 5. The topological polar surface area (TPSA) is 79.9 Å². The highest BCUT2D eigenvalue weighted by Gasteiger charge is 2.13. The van der Waals surface area contributed by atoms with E-state index in [2.05, 4.69) is 20.7 Å². The summed E-state index contributed by atoms with van der Waals surface area (Å²) in [5.41, 5.74) is 3.78. The Morgan fingerprint density at radius 3 is 2.24 bits per heavy atom. The number of rotatable bonds is 5. The molecule has 6 heteroatoms. The van der Waals surface area contributed by atoms with Gasteiger partial charge in [-0.2, -0.15) is 10.2 Å². The van der Waals surface area contributed by atoms with Crippen LogP contribution in [0, 0.1) is 13.8 Å². The van der Waals surface area contributed by atoms with Crippen LogP contribution in [0.15, 0.2) is 69.3 Å². The van der Waals surface area contributed by atoms with E-state index in [9.17, 15) is 4.79 Å². The summed E-state index contributed by atoms with van der Waals surface area (Å²) < 4.78 is 5.07. The Bertz CT molecular complexity index is 864. The van der Waals surface area contributed by atoms with E-state index in [1.54, 1.807) is 31.2 Å². The van der Waals surface area contributed by atoms with Crippen molar-refractivity contribution in [3.8, 4) is 0 Å². The third-order valence-electron chi connectivity index (χ3n) is 3.71. The summed E-state index contributed by atoms with van der Waals surface area (Å²) in [6, 6.07) is 16.7. The van der Waals surface area contributed by atoms with E-state index in [4.69, 9.17) is 4.52 Å². The first-order chi connectivity index (χ1) is 12.1. The molecular weight excluding hydrogens is 316 g/mol. The van der Waals surface area contributed by atoms with Gasteiger partial charge in [0.25, 0.3) is 0 Å². The minimum Gasteiger partial charge on any atom is -0.361 e. The molecule has 25 heavy (non-hydrogen) atoms. The highest BCUT2D eigenvalue weighted by Crippen LogP contribution is 2.20. The van der Waals surface area contributed by atoms with Crippen molar-refractivity contribution in [2.24, 2.45) is 10.2 Å². The van der Waals surface area contributed by atoms with Crippen molar-refractivity contribution < 1.29 is 9.32 Å². The van der Waals surface area contributed by atoms with E-state index in [0.717, 1.165) is 16.9 Å². The molecule has 2 aromatic carbocycles. The van der Waals surface area contributed by atoms with Crippen LogP contribution in [0.5, 0.6) is 0 Å². The molecule has 6 nitrogen and oxygen atoms in total. The quantitative estimate of drug-likeness (QED) is 0.675. The zero-order valence-corrected chi connectivity index (χ0v) is 14.1. The molecule has 1 amide bonds. The van der Waals surface area contributed by atoms with E-state index < -0.39 is 0 Å². The molecule has 0 spiro atoms. The lowest BCUT2D eigenvalue weighted by molar-refractivity contribution is -0.115. The molecule has 0 saturated heterocycles. The number of azo groups is 1. The van der Waals surface area contributed by atoms with E-state index in [-0.39, 0.29) is 12.3 Å². The number of amides is 1. The Morgan fingerprint density at radius 2 is 1.64 bits per heavy atom. The maximum Gasteiger partial charge on any atom is 0.228 e. The maximum absolute atomic E-state index is 12.2. The van der Waals surface area contributed by atoms with Crippen molar-refractivity contribution >= 4 is 23.0 Å². The van der Waals surface area contributed by atoms with Gasteiger partial charge in [0.2, 0.25) is 5.91 Å². The average molecular weight is 334 g/mol. The fraction of sp³-hybridized carbons (Fsp3) is 0.158. The van der Waals surface area contributed by atoms with E-state index >= 15 is 0 Å². The smallest absolute Gasteiger partial charge is 0.228 e. The summed E-state index contributed by atoms with van der Waals surface area (Å²) >= 11 is 0. The summed E-state index contributed by atoms with van der Waals surface area (Å²) in [7, 11) is 0. The molecule has 0 fully saturated rings. The number of benzene rings is 2. The highest BCUT2D eigenvalue weighted by atomic mass is 16.5. The summed E-state index contributed by atoms with van der Waals surface area (Å²) in [5.74, 6) is 0.553. The third-order valence-corrected chi connectivity index (χ3v) is 3.71. The number of anilines is 1. The Balaban J connectivity index is 1.61. The monoisotopic (exact) mass is 334 g/mol. The van der Waals surface area contributed by atoms with Crippen LogP contribution in [0.3, 0.4) is 0 Å². The first-order valence-electron chi connectivity index (χ1n) is 7.90. The molecule has 126 valence electrons. The van der Waals surface area contributed by atoms with Gasteiger partial charge >= 0.3 is 0 Å². The molecule has 0 atom stereocenters. The van der Waals surface area contributed by atoms with Crippen LogP contribution in [-0.2, 0) is 11.2 Å². The Hall–Kier alpha value is -3.28. The molecule has 0 saturated carbocycles. The summed E-state index contributed by atoms with van der Waals surface area (Å²) in [4.78, 5) is 12.2. The van der Waals surface area contributed by atoms with Crippen molar-refractivity contribution in [2.45, 2.75) is 20.3 Å². The Morgan fingerprint density at radius 1 is 1.00 bits per heavy atom. The van der Waals surface area contributed by atoms with Gasteiger partial charge in [0.15, 0.2) is 0 Å². The predicted molar refractivity (Wildman–Crippen MR) is 95.4 cm³/mol. The second-order valence-electron chi connectivity index (χ2n) is 5.61. The van der Waals surface area contributed by atoms with Crippen LogP contribution in [-0.4, -0.2) is 11.1 Å². The lowest BCUT2D eigenvalue weighted by Crippen LogP contribution is -2.15. The van der Waals surface area contributed by atoms with Crippen molar-refractivity contribution in [3.63, 3.8) is 0 Å². The molecule has 1 N–H and O–H groups in total. The SMILES string of the molecule is Cc1noc(C)c1CC(=O)Nc1ccc(N=Nc2ccccc2)cc1. The van der Waals surface area contributed by atoms with Gasteiger partial charge in [-0.1, -0.05) is 23.4 Å². The minimum absolute atomic E-state index is 0.118. The molecular formula is C19H18N4O2. The molecule has 0 aliphatic heterocycles. The lowest BCUT2D eigenvalue weighted by atomic mass is 10.1. The lowest BCUT2D eigenvalue weighted by Gasteiger charge is -2.05. The number of aryl methyl sites for hydroxylation is 2. The van der Waals surface area contributed by atoms with Crippen LogP contribution in [0.2, 0.25) is 0 Å².